The molecule has 1 atom stereocenters. The highest BCUT2D eigenvalue weighted by atomic mass is 32.2. The molecule has 0 spiro atoms. The first-order chi connectivity index (χ1) is 14.6. The van der Waals surface area contributed by atoms with Gasteiger partial charge in [0.15, 0.2) is 6.61 Å². The predicted octanol–water partition coefficient (Wildman–Crippen LogP) is 3.17. The predicted molar refractivity (Wildman–Crippen MR) is 101 cm³/mol. The molecule has 0 saturated carbocycles. The van der Waals surface area contributed by atoms with Crippen LogP contribution < -0.4 is 4.72 Å². The second kappa shape index (κ2) is 8.86. The fraction of sp³-hybridized carbons (Fsp3) is 0.211. The molecule has 0 aliphatic carbocycles. The van der Waals surface area contributed by atoms with Gasteiger partial charge in [-0.2, -0.15) is 22.9 Å². The number of carbonyl (C=O) groups excluding carboxylic acids is 1. The van der Waals surface area contributed by atoms with Gasteiger partial charge in [-0.3, -0.25) is 4.79 Å². The molecule has 3 aromatic rings. The molecule has 0 aliphatic rings. The van der Waals surface area contributed by atoms with Gasteiger partial charge in [0.05, 0.1) is 10.5 Å². The molecule has 3 rings (SSSR count). The van der Waals surface area contributed by atoms with Crippen molar-refractivity contribution in [3.05, 3.63) is 66.1 Å². The van der Waals surface area contributed by atoms with E-state index in [1.807, 2.05) is 0 Å². The van der Waals surface area contributed by atoms with Crippen LogP contribution in [-0.4, -0.2) is 30.6 Å². The molecule has 0 aliphatic heterocycles. The molecular formula is C19H16F3N3O5S. The molecule has 0 bridgehead atoms. The van der Waals surface area contributed by atoms with Crippen LogP contribution in [0.4, 0.5) is 13.2 Å². The van der Waals surface area contributed by atoms with Gasteiger partial charge in [0, 0.05) is 5.56 Å². The van der Waals surface area contributed by atoms with Crippen LogP contribution in [0.2, 0.25) is 0 Å². The Morgan fingerprint density at radius 1 is 1.13 bits per heavy atom. The topological polar surface area (TPSA) is 111 Å². The van der Waals surface area contributed by atoms with Gasteiger partial charge in [-0.05, 0) is 31.2 Å². The quantitative estimate of drug-likeness (QED) is 0.545. The summed E-state index contributed by atoms with van der Waals surface area (Å²) in [4.78, 5) is 16.0. The average Bonchev–Trinajstić information content (AvgIpc) is 3.21. The minimum Gasteiger partial charge on any atom is -0.454 e. The highest BCUT2D eigenvalue weighted by Gasteiger charge is 2.30. The first kappa shape index (κ1) is 22.4. The number of benzene rings is 2. The smallest absolute Gasteiger partial charge is 0.416 e. The van der Waals surface area contributed by atoms with Crippen molar-refractivity contribution in [1.29, 1.82) is 0 Å². The summed E-state index contributed by atoms with van der Waals surface area (Å²) in [6.45, 7) is 0.869. The molecule has 0 saturated heterocycles. The summed E-state index contributed by atoms with van der Waals surface area (Å²) in [6, 6.07) is 10.4. The Bertz CT molecular complexity index is 1150. The number of carbonyl (C=O) groups is 1. The van der Waals surface area contributed by atoms with Crippen LogP contribution in [0.3, 0.4) is 0 Å². The van der Waals surface area contributed by atoms with Crippen LogP contribution in [-0.2, 0) is 32.3 Å². The van der Waals surface area contributed by atoms with E-state index in [2.05, 4.69) is 14.9 Å². The van der Waals surface area contributed by atoms with Crippen molar-refractivity contribution >= 4 is 16.0 Å². The minimum absolute atomic E-state index is 0.00673. The lowest BCUT2D eigenvalue weighted by Crippen LogP contribution is -2.39. The number of rotatable bonds is 7. The van der Waals surface area contributed by atoms with Gasteiger partial charge >= 0.3 is 12.1 Å². The number of halogens is 3. The molecule has 1 heterocycles. The molecule has 0 radical (unpaired) electrons. The van der Waals surface area contributed by atoms with Gasteiger partial charge < -0.3 is 9.26 Å². The van der Waals surface area contributed by atoms with Gasteiger partial charge in [0.1, 0.15) is 6.04 Å². The Labute approximate surface area is 175 Å². The second-order valence-corrected chi connectivity index (χ2v) is 8.06. The largest absolute Gasteiger partial charge is 0.454 e. The van der Waals surface area contributed by atoms with Gasteiger partial charge in [-0.1, -0.05) is 35.5 Å². The minimum atomic E-state index is -4.46. The number of hydrogen-bond acceptors (Lipinski definition) is 7. The van der Waals surface area contributed by atoms with Crippen molar-refractivity contribution < 1.29 is 35.6 Å². The third-order valence-corrected chi connectivity index (χ3v) is 5.57. The molecular weight excluding hydrogens is 439 g/mol. The molecule has 0 unspecified atom stereocenters. The Morgan fingerprint density at radius 2 is 1.77 bits per heavy atom. The van der Waals surface area contributed by atoms with Crippen LogP contribution >= 0.6 is 0 Å². The number of aromatic nitrogens is 2. The lowest BCUT2D eigenvalue weighted by Gasteiger charge is -2.13. The van der Waals surface area contributed by atoms with E-state index >= 15 is 0 Å². The average molecular weight is 455 g/mol. The summed E-state index contributed by atoms with van der Waals surface area (Å²) in [5.41, 5.74) is -0.542. The van der Waals surface area contributed by atoms with Crippen molar-refractivity contribution in [2.75, 3.05) is 0 Å². The Kier molecular flexibility index (Phi) is 6.41. The number of sulfonamides is 1. The van der Waals surface area contributed by atoms with Crippen molar-refractivity contribution in [3.8, 4) is 11.4 Å². The van der Waals surface area contributed by atoms with E-state index in [1.54, 1.807) is 18.2 Å². The molecule has 1 aromatic heterocycles. The van der Waals surface area contributed by atoms with Crippen molar-refractivity contribution in [3.63, 3.8) is 0 Å². The lowest BCUT2D eigenvalue weighted by atomic mass is 10.1. The molecule has 31 heavy (non-hydrogen) atoms. The molecule has 0 amide bonds. The zero-order valence-corrected chi connectivity index (χ0v) is 16.8. The van der Waals surface area contributed by atoms with Crippen LogP contribution in [0.1, 0.15) is 18.4 Å². The van der Waals surface area contributed by atoms with E-state index in [0.29, 0.717) is 0 Å². The highest BCUT2D eigenvalue weighted by Crippen LogP contribution is 2.30. The highest BCUT2D eigenvalue weighted by molar-refractivity contribution is 7.89. The van der Waals surface area contributed by atoms with E-state index in [1.165, 1.54) is 31.2 Å². The maximum absolute atomic E-state index is 12.6. The number of ether oxygens (including phenoxy) is 1. The van der Waals surface area contributed by atoms with Gasteiger partial charge in [-0.15, -0.1) is 0 Å². The Balaban J connectivity index is 1.58. The Hall–Kier alpha value is -3.25. The van der Waals surface area contributed by atoms with Gasteiger partial charge in [-0.25, -0.2) is 8.42 Å². The maximum Gasteiger partial charge on any atom is 0.416 e. The summed E-state index contributed by atoms with van der Waals surface area (Å²) in [7, 11) is -3.92. The molecule has 164 valence electrons. The third-order valence-electron chi connectivity index (χ3n) is 4.02. The lowest BCUT2D eigenvalue weighted by molar-refractivity contribution is -0.147. The molecule has 12 heteroatoms. The molecule has 0 fully saturated rings. The number of esters is 1. The summed E-state index contributed by atoms with van der Waals surface area (Å²) in [6.07, 6.45) is -4.46. The summed E-state index contributed by atoms with van der Waals surface area (Å²) >= 11 is 0. The van der Waals surface area contributed by atoms with E-state index in [-0.39, 0.29) is 22.2 Å². The molecule has 2 aromatic carbocycles. The van der Waals surface area contributed by atoms with E-state index in [4.69, 9.17) is 9.26 Å². The summed E-state index contributed by atoms with van der Waals surface area (Å²) in [5.74, 6) is -0.979. The SMILES string of the molecule is C[C@H](NS(=O)(=O)c1ccccc1)C(=O)OCc1nc(-c2ccc(C(F)(F)F)cc2)no1. The number of hydrogen-bond donors (Lipinski definition) is 1. The van der Waals surface area contributed by atoms with E-state index in [0.717, 1.165) is 12.1 Å². The first-order valence-electron chi connectivity index (χ1n) is 8.80. The van der Waals surface area contributed by atoms with Crippen LogP contribution in [0.5, 0.6) is 0 Å². The fourth-order valence-electron chi connectivity index (χ4n) is 2.45. The maximum atomic E-state index is 12.6. The standard InChI is InChI=1S/C19H16F3N3O5S/c1-12(25-31(27,28)15-5-3-2-4-6-15)18(26)29-11-16-23-17(24-30-16)13-7-9-14(10-8-13)19(20,21)22/h2-10,12,25H,11H2,1H3/t12-/m0/s1. The van der Waals surface area contributed by atoms with E-state index in [9.17, 15) is 26.4 Å². The zero-order valence-electron chi connectivity index (χ0n) is 16.0. The normalized spacial score (nSPS) is 13.0. The Morgan fingerprint density at radius 3 is 2.39 bits per heavy atom. The zero-order chi connectivity index (χ0) is 22.6. The van der Waals surface area contributed by atoms with Gasteiger partial charge in [0.25, 0.3) is 5.89 Å². The third kappa shape index (κ3) is 5.67. The van der Waals surface area contributed by atoms with Crippen molar-refractivity contribution in [2.24, 2.45) is 0 Å². The monoisotopic (exact) mass is 455 g/mol. The number of nitrogens with one attached hydrogen (secondary N) is 1. The first-order valence-corrected chi connectivity index (χ1v) is 10.3. The number of nitrogens with zero attached hydrogens (tertiary/aromatic N) is 2. The van der Waals surface area contributed by atoms with Crippen molar-refractivity contribution in [1.82, 2.24) is 14.9 Å². The van der Waals surface area contributed by atoms with E-state index < -0.39 is 40.4 Å². The summed E-state index contributed by atoms with van der Waals surface area (Å²) < 4.78 is 74.4. The second-order valence-electron chi connectivity index (χ2n) is 6.35. The van der Waals surface area contributed by atoms with Crippen LogP contribution in [0.15, 0.2) is 64.0 Å². The fourth-order valence-corrected chi connectivity index (χ4v) is 3.66. The molecule has 8 nitrogen and oxygen atoms in total. The van der Waals surface area contributed by atoms with Crippen LogP contribution in [0.25, 0.3) is 11.4 Å². The number of alkyl halides is 3. The van der Waals surface area contributed by atoms with Crippen molar-refractivity contribution in [2.45, 2.75) is 30.6 Å². The summed E-state index contributed by atoms with van der Waals surface area (Å²) in [5, 5.41) is 3.63. The van der Waals surface area contributed by atoms with Crippen LogP contribution in [0, 0.1) is 0 Å². The van der Waals surface area contributed by atoms with Gasteiger partial charge in [0.2, 0.25) is 15.8 Å². The molecule has 1 N–H and O–H groups in total.